The van der Waals surface area contributed by atoms with Gasteiger partial charge in [-0.05, 0) is 0 Å². The number of pyridine rings is 1. The second-order valence-electron chi connectivity index (χ2n) is 3.04. The Morgan fingerprint density at radius 1 is 1.64 bits per heavy atom. The highest BCUT2D eigenvalue weighted by molar-refractivity contribution is 5.96. The summed E-state index contributed by atoms with van der Waals surface area (Å²) in [6.45, 7) is 1.13. The predicted molar refractivity (Wildman–Crippen MR) is 50.6 cm³/mol. The molecule has 2 heterocycles. The molecule has 0 atom stereocenters. The van der Waals surface area contributed by atoms with E-state index in [1.807, 2.05) is 0 Å². The van der Waals surface area contributed by atoms with Crippen LogP contribution in [0.4, 0.5) is 11.5 Å². The van der Waals surface area contributed by atoms with Crippen molar-refractivity contribution in [3.8, 4) is 0 Å². The van der Waals surface area contributed by atoms with Crippen molar-refractivity contribution < 1.29 is 9.90 Å². The Morgan fingerprint density at radius 3 is 3.00 bits per heavy atom. The van der Waals surface area contributed by atoms with Gasteiger partial charge < -0.3 is 16.2 Å². The van der Waals surface area contributed by atoms with E-state index in [1.54, 1.807) is 0 Å². The first-order chi connectivity index (χ1) is 6.61. The van der Waals surface area contributed by atoms with Crippen LogP contribution in [0.25, 0.3) is 0 Å². The van der Waals surface area contributed by atoms with Crippen molar-refractivity contribution in [3.05, 3.63) is 22.0 Å². The summed E-state index contributed by atoms with van der Waals surface area (Å²) in [4.78, 5) is 22.1. The summed E-state index contributed by atoms with van der Waals surface area (Å²) in [6.07, 6.45) is 0. The molecular weight excluding hydrogens is 186 g/mol. The number of nitrogens with one attached hydrogen (secondary N) is 1. The molecule has 4 N–H and O–H groups in total. The van der Waals surface area contributed by atoms with E-state index < -0.39 is 5.97 Å². The van der Waals surface area contributed by atoms with Gasteiger partial charge in [0.2, 0.25) is 0 Å². The molecular formula is C8H9N3O3. The van der Waals surface area contributed by atoms with Gasteiger partial charge in [-0.2, -0.15) is 0 Å². The SMILES string of the molecule is Nc1c(C(=O)O)cc(=O)n2c1NCC2. The highest BCUT2D eigenvalue weighted by Crippen LogP contribution is 2.23. The summed E-state index contributed by atoms with van der Waals surface area (Å²) in [5.74, 6) is -0.772. The number of carbonyl (C=O) groups is 1. The molecule has 0 saturated carbocycles. The molecule has 14 heavy (non-hydrogen) atoms. The summed E-state index contributed by atoms with van der Waals surface area (Å²) >= 11 is 0. The third-order valence-electron chi connectivity index (χ3n) is 2.21. The molecule has 1 aromatic heterocycles. The number of hydrogen-bond donors (Lipinski definition) is 3. The third kappa shape index (κ3) is 1.04. The minimum atomic E-state index is -1.18. The van der Waals surface area contributed by atoms with Crippen LogP contribution >= 0.6 is 0 Å². The second kappa shape index (κ2) is 2.76. The minimum Gasteiger partial charge on any atom is -0.478 e. The second-order valence-corrected chi connectivity index (χ2v) is 3.04. The molecule has 0 unspecified atom stereocenters. The standard InChI is InChI=1S/C8H9N3O3/c9-6-4(8(13)14)3-5(12)11-2-1-10-7(6)11/h3,10H,1-2,9H2,(H,13,14). The van der Waals surface area contributed by atoms with Crippen molar-refractivity contribution in [1.82, 2.24) is 4.57 Å². The molecule has 74 valence electrons. The smallest absolute Gasteiger partial charge is 0.338 e. The van der Waals surface area contributed by atoms with Gasteiger partial charge in [-0.15, -0.1) is 0 Å². The van der Waals surface area contributed by atoms with Gasteiger partial charge in [-0.1, -0.05) is 0 Å². The molecule has 0 amide bonds. The van der Waals surface area contributed by atoms with Crippen LogP contribution in [0.5, 0.6) is 0 Å². The number of nitrogens with zero attached hydrogens (tertiary/aromatic N) is 1. The number of nitrogens with two attached hydrogens (primary N) is 1. The van der Waals surface area contributed by atoms with Gasteiger partial charge in [0.05, 0.1) is 11.3 Å². The number of anilines is 2. The first-order valence-electron chi connectivity index (χ1n) is 4.11. The molecule has 6 heteroatoms. The molecule has 1 aliphatic heterocycles. The number of nitrogen functional groups attached to an aromatic ring is 1. The van der Waals surface area contributed by atoms with Gasteiger partial charge >= 0.3 is 5.97 Å². The highest BCUT2D eigenvalue weighted by atomic mass is 16.4. The summed E-state index contributed by atoms with van der Waals surface area (Å²) in [5, 5.41) is 11.6. The average molecular weight is 195 g/mol. The lowest BCUT2D eigenvalue weighted by molar-refractivity contribution is 0.0698. The fraction of sp³-hybridized carbons (Fsp3) is 0.250. The van der Waals surface area contributed by atoms with Gasteiger partial charge in [0.25, 0.3) is 5.56 Å². The Morgan fingerprint density at radius 2 is 2.36 bits per heavy atom. The van der Waals surface area contributed by atoms with Crippen molar-refractivity contribution in [3.63, 3.8) is 0 Å². The Bertz CT molecular complexity index is 464. The van der Waals surface area contributed by atoms with Crippen molar-refractivity contribution >= 4 is 17.5 Å². The maximum absolute atomic E-state index is 11.4. The van der Waals surface area contributed by atoms with Gasteiger partial charge in [-0.3, -0.25) is 9.36 Å². The topological polar surface area (TPSA) is 97.4 Å². The van der Waals surface area contributed by atoms with Crippen LogP contribution in [0.2, 0.25) is 0 Å². The zero-order valence-corrected chi connectivity index (χ0v) is 7.28. The monoisotopic (exact) mass is 195 g/mol. The van der Waals surface area contributed by atoms with Gasteiger partial charge in [0.15, 0.2) is 0 Å². The Hall–Kier alpha value is -1.98. The molecule has 0 aliphatic carbocycles. The lowest BCUT2D eigenvalue weighted by Crippen LogP contribution is -2.21. The van der Waals surface area contributed by atoms with Crippen molar-refractivity contribution in [1.29, 1.82) is 0 Å². The number of rotatable bonds is 1. The summed E-state index contributed by atoms with van der Waals surface area (Å²) < 4.78 is 1.43. The van der Waals surface area contributed by atoms with E-state index >= 15 is 0 Å². The first-order valence-corrected chi connectivity index (χ1v) is 4.11. The van der Waals surface area contributed by atoms with Gasteiger partial charge in [-0.25, -0.2) is 4.79 Å². The minimum absolute atomic E-state index is 0.120. The first kappa shape index (κ1) is 8.61. The van der Waals surface area contributed by atoms with Crippen molar-refractivity contribution in [2.45, 2.75) is 6.54 Å². The quantitative estimate of drug-likeness (QED) is 0.564. The molecule has 0 bridgehead atoms. The summed E-state index contributed by atoms with van der Waals surface area (Å²) in [7, 11) is 0. The fourth-order valence-corrected chi connectivity index (χ4v) is 1.54. The van der Waals surface area contributed by atoms with E-state index in [1.165, 1.54) is 4.57 Å². The molecule has 0 radical (unpaired) electrons. The number of fused-ring (bicyclic) bond motifs is 1. The van der Waals surface area contributed by atoms with Gasteiger partial charge in [0, 0.05) is 19.2 Å². The van der Waals surface area contributed by atoms with Crippen LogP contribution in [-0.2, 0) is 6.54 Å². The van der Waals surface area contributed by atoms with Crippen molar-refractivity contribution in [2.75, 3.05) is 17.6 Å². The highest BCUT2D eigenvalue weighted by Gasteiger charge is 2.20. The maximum atomic E-state index is 11.4. The van der Waals surface area contributed by atoms with E-state index in [0.717, 1.165) is 6.07 Å². The van der Waals surface area contributed by atoms with Crippen LogP contribution in [0.1, 0.15) is 10.4 Å². The molecule has 1 aliphatic rings. The summed E-state index contributed by atoms with van der Waals surface area (Å²) in [5.41, 5.74) is 5.24. The van der Waals surface area contributed by atoms with Crippen molar-refractivity contribution in [2.24, 2.45) is 0 Å². The average Bonchev–Trinajstić information content (AvgIpc) is 2.59. The van der Waals surface area contributed by atoms with Crippen LogP contribution in [0, 0.1) is 0 Å². The lowest BCUT2D eigenvalue weighted by atomic mass is 10.2. The van der Waals surface area contributed by atoms with Crippen LogP contribution in [-0.4, -0.2) is 22.2 Å². The summed E-state index contributed by atoms with van der Waals surface area (Å²) in [6, 6.07) is 1.05. The largest absolute Gasteiger partial charge is 0.478 e. The molecule has 0 aromatic carbocycles. The third-order valence-corrected chi connectivity index (χ3v) is 2.21. The number of aromatic carboxylic acids is 1. The van der Waals surface area contributed by atoms with Crippen LogP contribution in [0.3, 0.4) is 0 Å². The molecule has 6 nitrogen and oxygen atoms in total. The van der Waals surface area contributed by atoms with E-state index in [2.05, 4.69) is 5.32 Å². The zero-order valence-electron chi connectivity index (χ0n) is 7.28. The van der Waals surface area contributed by atoms with E-state index in [4.69, 9.17) is 10.8 Å². The number of carboxylic acids is 1. The van der Waals surface area contributed by atoms with Gasteiger partial charge in [0.1, 0.15) is 5.82 Å². The zero-order chi connectivity index (χ0) is 10.3. The number of carboxylic acid groups (broad SMARTS) is 1. The Labute approximate surface area is 79.0 Å². The fourth-order valence-electron chi connectivity index (χ4n) is 1.54. The lowest BCUT2D eigenvalue weighted by Gasteiger charge is -2.07. The molecule has 0 fully saturated rings. The number of hydrogen-bond acceptors (Lipinski definition) is 4. The Kier molecular flexibility index (Phi) is 1.70. The van der Waals surface area contributed by atoms with E-state index in [0.29, 0.717) is 18.9 Å². The maximum Gasteiger partial charge on any atom is 0.338 e. The van der Waals surface area contributed by atoms with Crippen LogP contribution in [0.15, 0.2) is 10.9 Å². The van der Waals surface area contributed by atoms with E-state index in [-0.39, 0.29) is 16.8 Å². The van der Waals surface area contributed by atoms with Crippen LogP contribution < -0.4 is 16.6 Å². The molecule has 1 aromatic rings. The number of aromatic nitrogens is 1. The Balaban J connectivity index is 2.74. The van der Waals surface area contributed by atoms with E-state index in [9.17, 15) is 9.59 Å². The predicted octanol–water partition coefficient (Wildman–Crippen LogP) is -0.446. The molecule has 0 spiro atoms. The normalized spacial score (nSPS) is 13.4. The molecule has 0 saturated heterocycles. The molecule has 2 rings (SSSR count).